The first-order chi connectivity index (χ1) is 13.3. The zero-order valence-electron chi connectivity index (χ0n) is 16.6. The SMILES string of the molecule is CCN1CCC[C@H]1CNCc1ccc(OCCc2ccccc2)c(OC)c1. The van der Waals surface area contributed by atoms with Crippen molar-refractivity contribution in [1.29, 1.82) is 0 Å². The van der Waals surface area contributed by atoms with E-state index in [4.69, 9.17) is 9.47 Å². The molecule has 0 bridgehead atoms. The highest BCUT2D eigenvalue weighted by atomic mass is 16.5. The van der Waals surface area contributed by atoms with Gasteiger partial charge in [0, 0.05) is 25.6 Å². The maximum absolute atomic E-state index is 5.95. The summed E-state index contributed by atoms with van der Waals surface area (Å²) in [5.41, 5.74) is 2.51. The normalized spacial score (nSPS) is 17.2. The summed E-state index contributed by atoms with van der Waals surface area (Å²) in [6.07, 6.45) is 3.52. The van der Waals surface area contributed by atoms with Gasteiger partial charge < -0.3 is 14.8 Å². The van der Waals surface area contributed by atoms with E-state index >= 15 is 0 Å². The van der Waals surface area contributed by atoms with Crippen molar-refractivity contribution in [3.8, 4) is 11.5 Å². The smallest absolute Gasteiger partial charge is 0.161 e. The molecule has 4 nitrogen and oxygen atoms in total. The van der Waals surface area contributed by atoms with Gasteiger partial charge in [-0.3, -0.25) is 4.90 Å². The minimum atomic E-state index is 0.645. The van der Waals surface area contributed by atoms with Gasteiger partial charge in [-0.25, -0.2) is 0 Å². The summed E-state index contributed by atoms with van der Waals surface area (Å²) in [4.78, 5) is 2.57. The number of likely N-dealkylation sites (N-methyl/N-ethyl adjacent to an activating group) is 1. The largest absolute Gasteiger partial charge is 0.493 e. The fraction of sp³-hybridized carbons (Fsp3) is 0.478. The van der Waals surface area contributed by atoms with Crippen LogP contribution in [0.2, 0.25) is 0 Å². The summed E-state index contributed by atoms with van der Waals surface area (Å²) >= 11 is 0. The Morgan fingerprint density at radius 2 is 1.93 bits per heavy atom. The van der Waals surface area contributed by atoms with E-state index in [0.717, 1.165) is 37.6 Å². The number of hydrogen-bond donors (Lipinski definition) is 1. The first-order valence-electron chi connectivity index (χ1n) is 10.1. The highest BCUT2D eigenvalue weighted by Crippen LogP contribution is 2.28. The highest BCUT2D eigenvalue weighted by molar-refractivity contribution is 5.43. The Balaban J connectivity index is 1.48. The number of methoxy groups -OCH3 is 1. The van der Waals surface area contributed by atoms with Crippen molar-refractivity contribution >= 4 is 0 Å². The lowest BCUT2D eigenvalue weighted by Crippen LogP contribution is -2.37. The molecule has 0 aliphatic carbocycles. The van der Waals surface area contributed by atoms with Crippen LogP contribution < -0.4 is 14.8 Å². The van der Waals surface area contributed by atoms with Crippen molar-refractivity contribution in [3.63, 3.8) is 0 Å². The van der Waals surface area contributed by atoms with Crippen LogP contribution >= 0.6 is 0 Å². The van der Waals surface area contributed by atoms with Crippen LogP contribution in [-0.2, 0) is 13.0 Å². The molecule has 27 heavy (non-hydrogen) atoms. The van der Waals surface area contributed by atoms with Gasteiger partial charge >= 0.3 is 0 Å². The molecule has 0 radical (unpaired) electrons. The maximum atomic E-state index is 5.95. The summed E-state index contributed by atoms with van der Waals surface area (Å²) in [6, 6.07) is 17.3. The van der Waals surface area contributed by atoms with Crippen molar-refractivity contribution in [2.24, 2.45) is 0 Å². The van der Waals surface area contributed by atoms with Gasteiger partial charge in [0.15, 0.2) is 11.5 Å². The lowest BCUT2D eigenvalue weighted by atomic mass is 10.1. The van der Waals surface area contributed by atoms with Crippen LogP contribution in [0.15, 0.2) is 48.5 Å². The second kappa shape index (κ2) is 10.3. The lowest BCUT2D eigenvalue weighted by molar-refractivity contribution is 0.260. The molecule has 1 N–H and O–H groups in total. The summed E-state index contributed by atoms with van der Waals surface area (Å²) in [7, 11) is 1.70. The average molecular weight is 369 g/mol. The first-order valence-corrected chi connectivity index (χ1v) is 10.1. The van der Waals surface area contributed by atoms with Crippen LogP contribution in [0.4, 0.5) is 0 Å². The topological polar surface area (TPSA) is 33.7 Å². The molecule has 146 valence electrons. The molecular weight excluding hydrogens is 336 g/mol. The van der Waals surface area contributed by atoms with Crippen LogP contribution in [-0.4, -0.2) is 44.3 Å². The quantitative estimate of drug-likeness (QED) is 0.690. The molecule has 0 spiro atoms. The van der Waals surface area contributed by atoms with E-state index in [0.29, 0.717) is 12.6 Å². The van der Waals surface area contributed by atoms with Gasteiger partial charge in [-0.05, 0) is 49.2 Å². The van der Waals surface area contributed by atoms with Crippen molar-refractivity contribution < 1.29 is 9.47 Å². The van der Waals surface area contributed by atoms with Gasteiger partial charge in [-0.15, -0.1) is 0 Å². The monoisotopic (exact) mass is 368 g/mol. The number of benzene rings is 2. The average Bonchev–Trinajstić information content (AvgIpc) is 3.17. The number of nitrogens with one attached hydrogen (secondary N) is 1. The zero-order chi connectivity index (χ0) is 18.9. The van der Waals surface area contributed by atoms with E-state index in [2.05, 4.69) is 53.5 Å². The molecule has 1 aliphatic heterocycles. The van der Waals surface area contributed by atoms with Crippen LogP contribution in [0, 0.1) is 0 Å². The van der Waals surface area contributed by atoms with Crippen LogP contribution in [0.25, 0.3) is 0 Å². The van der Waals surface area contributed by atoms with Crippen molar-refractivity contribution in [2.75, 3.05) is 33.4 Å². The Kier molecular flexibility index (Phi) is 7.55. The lowest BCUT2D eigenvalue weighted by Gasteiger charge is -2.23. The van der Waals surface area contributed by atoms with Gasteiger partial charge in [0.05, 0.1) is 13.7 Å². The molecule has 4 heteroatoms. The Morgan fingerprint density at radius 1 is 1.07 bits per heavy atom. The molecule has 2 aromatic carbocycles. The molecule has 1 saturated heterocycles. The maximum Gasteiger partial charge on any atom is 0.161 e. The Bertz CT molecular complexity index is 690. The van der Waals surface area contributed by atoms with E-state index in [-0.39, 0.29) is 0 Å². The number of likely N-dealkylation sites (tertiary alicyclic amines) is 1. The third-order valence-corrected chi connectivity index (χ3v) is 5.33. The zero-order valence-corrected chi connectivity index (χ0v) is 16.6. The van der Waals surface area contributed by atoms with Gasteiger partial charge in [-0.1, -0.05) is 43.3 Å². The Morgan fingerprint density at radius 3 is 2.70 bits per heavy atom. The molecular formula is C23H32N2O2. The molecule has 1 aliphatic rings. The third-order valence-electron chi connectivity index (χ3n) is 5.33. The van der Waals surface area contributed by atoms with Crippen molar-refractivity contribution in [3.05, 3.63) is 59.7 Å². The van der Waals surface area contributed by atoms with Crippen LogP contribution in [0.3, 0.4) is 0 Å². The van der Waals surface area contributed by atoms with Gasteiger partial charge in [0.1, 0.15) is 0 Å². The highest BCUT2D eigenvalue weighted by Gasteiger charge is 2.22. The number of rotatable bonds is 10. The Hall–Kier alpha value is -2.04. The molecule has 0 saturated carbocycles. The standard InChI is InChI=1S/C23H32N2O2/c1-3-25-14-7-10-21(25)18-24-17-20-11-12-22(23(16-20)26-2)27-15-13-19-8-5-4-6-9-19/h4-6,8-9,11-12,16,21,24H,3,7,10,13-15,17-18H2,1-2H3/t21-/m0/s1. The van der Waals surface area contributed by atoms with E-state index in [1.165, 1.54) is 30.5 Å². The predicted molar refractivity (Wildman–Crippen MR) is 111 cm³/mol. The van der Waals surface area contributed by atoms with E-state index in [9.17, 15) is 0 Å². The summed E-state index contributed by atoms with van der Waals surface area (Å²) < 4.78 is 11.5. The summed E-state index contributed by atoms with van der Waals surface area (Å²) in [5.74, 6) is 1.61. The Labute approximate surface area is 163 Å². The van der Waals surface area contributed by atoms with Crippen LogP contribution in [0.1, 0.15) is 30.9 Å². The van der Waals surface area contributed by atoms with E-state index in [1.807, 2.05) is 12.1 Å². The fourth-order valence-corrected chi connectivity index (χ4v) is 3.79. The molecule has 1 fully saturated rings. The molecule has 0 unspecified atom stereocenters. The second-order valence-electron chi connectivity index (χ2n) is 7.12. The first kappa shape index (κ1) is 19.7. The molecule has 0 amide bonds. The molecule has 3 rings (SSSR count). The van der Waals surface area contributed by atoms with Crippen molar-refractivity contribution in [1.82, 2.24) is 10.2 Å². The van der Waals surface area contributed by atoms with E-state index in [1.54, 1.807) is 7.11 Å². The summed E-state index contributed by atoms with van der Waals surface area (Å²) in [5, 5.41) is 3.61. The van der Waals surface area contributed by atoms with Crippen LogP contribution in [0.5, 0.6) is 11.5 Å². The molecule has 1 atom stereocenters. The fourth-order valence-electron chi connectivity index (χ4n) is 3.79. The minimum Gasteiger partial charge on any atom is -0.493 e. The molecule has 0 aromatic heterocycles. The third kappa shape index (κ3) is 5.72. The number of nitrogens with zero attached hydrogens (tertiary/aromatic N) is 1. The summed E-state index contributed by atoms with van der Waals surface area (Å²) in [6.45, 7) is 7.19. The van der Waals surface area contributed by atoms with Crippen molar-refractivity contribution in [2.45, 2.75) is 38.8 Å². The number of hydrogen-bond acceptors (Lipinski definition) is 4. The molecule has 2 aromatic rings. The predicted octanol–water partition coefficient (Wildman–Crippen LogP) is 3.89. The van der Waals surface area contributed by atoms with Gasteiger partial charge in [0.2, 0.25) is 0 Å². The number of ether oxygens (including phenoxy) is 2. The van der Waals surface area contributed by atoms with Gasteiger partial charge in [0.25, 0.3) is 0 Å². The second-order valence-corrected chi connectivity index (χ2v) is 7.12. The molecule has 1 heterocycles. The minimum absolute atomic E-state index is 0.645. The van der Waals surface area contributed by atoms with E-state index < -0.39 is 0 Å². The van der Waals surface area contributed by atoms with Gasteiger partial charge in [-0.2, -0.15) is 0 Å².